The number of aryl methyl sites for hydroxylation is 3. The molecule has 1 atom stereocenters. The Morgan fingerprint density at radius 2 is 1.59 bits per heavy atom. The lowest BCUT2D eigenvalue weighted by molar-refractivity contribution is -0.153. The molecule has 0 heterocycles. The summed E-state index contributed by atoms with van der Waals surface area (Å²) in [6.45, 7) is 8.92. The van der Waals surface area contributed by atoms with Crippen LogP contribution >= 0.6 is 0 Å². The summed E-state index contributed by atoms with van der Waals surface area (Å²) in [4.78, 5) is 11.1. The minimum Gasteiger partial charge on any atom is -0.481 e. The van der Waals surface area contributed by atoms with Crippen LogP contribution < -0.4 is 0 Å². The summed E-state index contributed by atoms with van der Waals surface area (Å²) in [5.41, 5.74) is 2.64. The van der Waals surface area contributed by atoms with Gasteiger partial charge in [-0.25, -0.2) is 0 Å². The van der Waals surface area contributed by atoms with Crippen molar-refractivity contribution in [3.8, 4) is 0 Å². The van der Waals surface area contributed by atoms with Crippen molar-refractivity contribution in [3.63, 3.8) is 0 Å². The number of carboxylic acid groups (broad SMARTS) is 1. The molecule has 17 heavy (non-hydrogen) atoms. The SMILES string of the molecule is Cc1cc(C)c(C(O)C(C)(C)C(=O)O)cc1C. The molecule has 0 aliphatic carbocycles. The number of hydrogen-bond donors (Lipinski definition) is 2. The van der Waals surface area contributed by atoms with E-state index in [0.717, 1.165) is 16.7 Å². The number of aliphatic hydroxyl groups excluding tert-OH is 1. The third kappa shape index (κ3) is 2.50. The summed E-state index contributed by atoms with van der Waals surface area (Å²) < 4.78 is 0. The van der Waals surface area contributed by atoms with Crippen LogP contribution in [-0.2, 0) is 4.79 Å². The van der Waals surface area contributed by atoms with Crippen molar-refractivity contribution in [1.29, 1.82) is 0 Å². The normalized spacial score (nSPS) is 13.5. The molecule has 0 aromatic heterocycles. The van der Waals surface area contributed by atoms with Crippen LogP contribution in [-0.4, -0.2) is 16.2 Å². The second-order valence-electron chi connectivity index (χ2n) is 5.22. The third-order valence-corrected chi connectivity index (χ3v) is 3.41. The average Bonchev–Trinajstić information content (AvgIpc) is 2.22. The van der Waals surface area contributed by atoms with Crippen molar-refractivity contribution in [2.45, 2.75) is 40.7 Å². The number of carboxylic acids is 1. The summed E-state index contributed by atoms with van der Waals surface area (Å²) in [5.74, 6) is -0.998. The zero-order chi connectivity index (χ0) is 13.4. The fourth-order valence-electron chi connectivity index (χ4n) is 1.78. The van der Waals surface area contributed by atoms with E-state index in [1.54, 1.807) is 0 Å². The first-order chi connectivity index (χ1) is 7.67. The Hall–Kier alpha value is -1.35. The van der Waals surface area contributed by atoms with Crippen molar-refractivity contribution in [2.24, 2.45) is 5.41 Å². The number of aliphatic hydroxyl groups is 1. The quantitative estimate of drug-likeness (QED) is 0.848. The maximum atomic E-state index is 11.1. The van der Waals surface area contributed by atoms with E-state index < -0.39 is 17.5 Å². The van der Waals surface area contributed by atoms with Gasteiger partial charge in [0.25, 0.3) is 0 Å². The molecular formula is C14H20O3. The highest BCUT2D eigenvalue weighted by Gasteiger charge is 2.37. The fourth-order valence-corrected chi connectivity index (χ4v) is 1.78. The van der Waals surface area contributed by atoms with Crippen molar-refractivity contribution in [3.05, 3.63) is 34.4 Å². The Labute approximate surface area is 102 Å². The lowest BCUT2D eigenvalue weighted by Crippen LogP contribution is -2.31. The second kappa shape index (κ2) is 4.49. The van der Waals surface area contributed by atoms with Crippen LogP contribution in [0.2, 0.25) is 0 Å². The lowest BCUT2D eigenvalue weighted by Gasteiger charge is -2.28. The molecule has 0 fully saturated rings. The predicted octanol–water partition coefficient (Wildman–Crippen LogP) is 2.76. The third-order valence-electron chi connectivity index (χ3n) is 3.41. The van der Waals surface area contributed by atoms with Gasteiger partial charge in [0.1, 0.15) is 0 Å². The number of rotatable bonds is 3. The molecule has 0 bridgehead atoms. The van der Waals surface area contributed by atoms with Gasteiger partial charge < -0.3 is 10.2 Å². The van der Waals surface area contributed by atoms with Crippen LogP contribution in [0, 0.1) is 26.2 Å². The maximum absolute atomic E-state index is 11.1. The molecule has 1 aromatic carbocycles. The molecule has 0 radical (unpaired) electrons. The van der Waals surface area contributed by atoms with E-state index in [9.17, 15) is 9.90 Å². The largest absolute Gasteiger partial charge is 0.481 e. The molecule has 1 unspecified atom stereocenters. The summed E-state index contributed by atoms with van der Waals surface area (Å²) >= 11 is 0. The van der Waals surface area contributed by atoms with E-state index in [1.165, 1.54) is 13.8 Å². The van der Waals surface area contributed by atoms with Gasteiger partial charge in [-0.3, -0.25) is 4.79 Å². The number of carbonyl (C=O) groups is 1. The molecule has 0 aliphatic rings. The smallest absolute Gasteiger partial charge is 0.312 e. The summed E-state index contributed by atoms with van der Waals surface area (Å²) in [6.07, 6.45) is -1.00. The van der Waals surface area contributed by atoms with Crippen LogP contribution in [0.15, 0.2) is 12.1 Å². The Balaban J connectivity index is 3.26. The minimum absolute atomic E-state index is 0.695. The summed E-state index contributed by atoms with van der Waals surface area (Å²) in [7, 11) is 0. The van der Waals surface area contributed by atoms with Crippen LogP contribution in [0.4, 0.5) is 0 Å². The maximum Gasteiger partial charge on any atom is 0.312 e. The van der Waals surface area contributed by atoms with Gasteiger partial charge in [-0.15, -0.1) is 0 Å². The molecule has 2 N–H and O–H groups in total. The molecule has 94 valence electrons. The lowest BCUT2D eigenvalue weighted by atomic mass is 9.80. The van der Waals surface area contributed by atoms with Crippen molar-refractivity contribution >= 4 is 5.97 Å². The van der Waals surface area contributed by atoms with Gasteiger partial charge in [-0.05, 0) is 56.9 Å². The Bertz CT molecular complexity index is 447. The van der Waals surface area contributed by atoms with Crippen molar-refractivity contribution in [1.82, 2.24) is 0 Å². The van der Waals surface area contributed by atoms with Crippen molar-refractivity contribution < 1.29 is 15.0 Å². The Morgan fingerprint density at radius 1 is 1.12 bits per heavy atom. The summed E-state index contributed by atoms with van der Waals surface area (Å²) in [5, 5.41) is 19.4. The van der Waals surface area contributed by atoms with E-state index in [1.807, 2.05) is 32.9 Å². The van der Waals surface area contributed by atoms with E-state index in [0.29, 0.717) is 5.56 Å². The Kier molecular flexibility index (Phi) is 3.62. The van der Waals surface area contributed by atoms with Crippen LogP contribution in [0.1, 0.15) is 42.2 Å². The zero-order valence-electron chi connectivity index (χ0n) is 11.0. The molecule has 1 rings (SSSR count). The van der Waals surface area contributed by atoms with Crippen molar-refractivity contribution in [2.75, 3.05) is 0 Å². The van der Waals surface area contributed by atoms with Gasteiger partial charge >= 0.3 is 5.97 Å². The highest BCUT2D eigenvalue weighted by Crippen LogP contribution is 2.35. The fraction of sp³-hybridized carbons (Fsp3) is 0.500. The number of hydrogen-bond acceptors (Lipinski definition) is 2. The van der Waals surface area contributed by atoms with Gasteiger partial charge in [0.2, 0.25) is 0 Å². The van der Waals surface area contributed by atoms with Gasteiger partial charge in [0.05, 0.1) is 11.5 Å². The van der Waals surface area contributed by atoms with Crippen LogP contribution in [0.25, 0.3) is 0 Å². The molecule has 1 aromatic rings. The number of benzene rings is 1. The standard InChI is InChI=1S/C14H20O3/c1-8-6-10(3)11(7-9(8)2)12(15)14(4,5)13(16)17/h6-7,12,15H,1-5H3,(H,16,17). The molecule has 0 aliphatic heterocycles. The summed E-state index contributed by atoms with van der Waals surface area (Å²) in [6, 6.07) is 3.85. The monoisotopic (exact) mass is 236 g/mol. The van der Waals surface area contributed by atoms with Crippen LogP contribution in [0.5, 0.6) is 0 Å². The van der Waals surface area contributed by atoms with Gasteiger partial charge in [-0.1, -0.05) is 12.1 Å². The molecule has 0 spiro atoms. The van der Waals surface area contributed by atoms with Gasteiger partial charge in [0.15, 0.2) is 0 Å². The molecule has 0 amide bonds. The van der Waals surface area contributed by atoms with E-state index >= 15 is 0 Å². The highest BCUT2D eigenvalue weighted by molar-refractivity contribution is 5.74. The second-order valence-corrected chi connectivity index (χ2v) is 5.22. The first kappa shape index (κ1) is 13.7. The van der Waals surface area contributed by atoms with Gasteiger partial charge in [0, 0.05) is 0 Å². The zero-order valence-corrected chi connectivity index (χ0v) is 11.0. The number of aliphatic carboxylic acids is 1. The first-order valence-corrected chi connectivity index (χ1v) is 5.67. The molecule has 0 saturated heterocycles. The highest BCUT2D eigenvalue weighted by atomic mass is 16.4. The molecule has 3 heteroatoms. The predicted molar refractivity (Wildman–Crippen MR) is 67.0 cm³/mol. The molecular weight excluding hydrogens is 216 g/mol. The average molecular weight is 236 g/mol. The Morgan fingerprint density at radius 3 is 2.06 bits per heavy atom. The van der Waals surface area contributed by atoms with E-state index in [2.05, 4.69) is 0 Å². The molecule has 0 saturated carbocycles. The minimum atomic E-state index is -1.19. The molecule has 3 nitrogen and oxygen atoms in total. The topological polar surface area (TPSA) is 57.5 Å². The van der Waals surface area contributed by atoms with Crippen LogP contribution in [0.3, 0.4) is 0 Å². The van der Waals surface area contributed by atoms with E-state index in [-0.39, 0.29) is 0 Å². The van der Waals surface area contributed by atoms with Gasteiger partial charge in [-0.2, -0.15) is 0 Å². The van der Waals surface area contributed by atoms with E-state index in [4.69, 9.17) is 5.11 Å². The first-order valence-electron chi connectivity index (χ1n) is 5.67.